The molecule has 6 heteroatoms. The molecule has 2 aliphatic heterocycles. The predicted octanol–water partition coefficient (Wildman–Crippen LogP) is 5.74. The largest absolute Gasteiger partial charge is 0.464 e. The molecule has 1 amide bonds. The standard InChI is InChI=1S/C33H44N4O2/c1-35-20-22-37(23-21-35)29-12-8-27(9-13-29)33(38)34-28-10-6-25(7-11-28)14-17-36-18-15-26(16-19-36)31-24-39-32-5-3-2-4-30(31)32/h2-5,8-9,12-13,24-26,28H,6-7,10-11,14-23H2,1H3,(H,34,38)/t25-,28-. The normalized spacial score (nSPS) is 23.8. The second-order valence-electron chi connectivity index (χ2n) is 12.1. The van der Waals surface area contributed by atoms with Gasteiger partial charge in [0.2, 0.25) is 0 Å². The molecule has 1 saturated carbocycles. The average Bonchev–Trinajstić information content (AvgIpc) is 3.42. The molecule has 0 radical (unpaired) electrons. The molecule has 0 atom stereocenters. The number of piperidine rings is 1. The lowest BCUT2D eigenvalue weighted by molar-refractivity contribution is 0.0919. The van der Waals surface area contributed by atoms with Crippen LogP contribution >= 0.6 is 0 Å². The van der Waals surface area contributed by atoms with Gasteiger partial charge in [-0.1, -0.05) is 18.2 Å². The highest BCUT2D eigenvalue weighted by atomic mass is 16.3. The lowest BCUT2D eigenvalue weighted by Gasteiger charge is -2.34. The topological polar surface area (TPSA) is 52.0 Å². The first kappa shape index (κ1) is 26.4. The molecule has 2 saturated heterocycles. The number of amides is 1. The van der Waals surface area contributed by atoms with E-state index in [0.29, 0.717) is 12.0 Å². The molecule has 6 rings (SSSR count). The first-order chi connectivity index (χ1) is 19.1. The Kier molecular flexibility index (Phi) is 8.21. The van der Waals surface area contributed by atoms with Crippen LogP contribution < -0.4 is 10.2 Å². The van der Waals surface area contributed by atoms with Gasteiger partial charge in [0.15, 0.2) is 0 Å². The molecule has 1 aromatic heterocycles. The summed E-state index contributed by atoms with van der Waals surface area (Å²) in [5, 5.41) is 4.61. The van der Waals surface area contributed by atoms with Gasteiger partial charge in [-0.15, -0.1) is 0 Å². The number of furan rings is 1. The van der Waals surface area contributed by atoms with Crippen LogP contribution in [0, 0.1) is 5.92 Å². The van der Waals surface area contributed by atoms with E-state index >= 15 is 0 Å². The van der Waals surface area contributed by atoms with Crippen LogP contribution in [0.1, 0.15) is 66.8 Å². The Hall–Kier alpha value is -2.83. The number of nitrogens with zero attached hydrogens (tertiary/aromatic N) is 3. The number of fused-ring (bicyclic) bond motifs is 1. The molecule has 3 heterocycles. The molecule has 39 heavy (non-hydrogen) atoms. The Morgan fingerprint density at radius 3 is 2.33 bits per heavy atom. The number of anilines is 1. The van der Waals surface area contributed by atoms with E-state index in [-0.39, 0.29) is 5.91 Å². The van der Waals surface area contributed by atoms with Gasteiger partial charge in [-0.2, -0.15) is 0 Å². The Morgan fingerprint density at radius 1 is 0.872 bits per heavy atom. The molecular weight excluding hydrogens is 484 g/mol. The SMILES string of the molecule is CN1CCN(c2ccc(C(=O)N[C@H]3CC[C@H](CCN4CCC(c5coc6ccccc56)CC4)CC3)cc2)CC1. The molecule has 0 unspecified atom stereocenters. The van der Waals surface area contributed by atoms with E-state index in [9.17, 15) is 4.79 Å². The summed E-state index contributed by atoms with van der Waals surface area (Å²) in [6, 6.07) is 16.9. The second-order valence-corrected chi connectivity index (χ2v) is 12.1. The maximum absolute atomic E-state index is 12.9. The quantitative estimate of drug-likeness (QED) is 0.424. The van der Waals surface area contributed by atoms with Gasteiger partial charge in [-0.05, 0) is 114 Å². The number of hydrogen-bond acceptors (Lipinski definition) is 5. The Labute approximate surface area is 233 Å². The molecule has 1 aliphatic carbocycles. The van der Waals surface area contributed by atoms with Gasteiger partial charge in [0.25, 0.3) is 5.91 Å². The fraction of sp³-hybridized carbons (Fsp3) is 0.545. The molecule has 0 spiro atoms. The molecule has 3 aromatic rings. The van der Waals surface area contributed by atoms with Crippen molar-refractivity contribution in [3.8, 4) is 0 Å². The third-order valence-corrected chi connectivity index (χ3v) is 9.57. The first-order valence-corrected chi connectivity index (χ1v) is 15.2. The number of benzene rings is 2. The molecule has 2 aromatic carbocycles. The minimum absolute atomic E-state index is 0.0802. The van der Waals surface area contributed by atoms with Gasteiger partial charge in [0.1, 0.15) is 5.58 Å². The van der Waals surface area contributed by atoms with Crippen molar-refractivity contribution >= 4 is 22.6 Å². The highest BCUT2D eigenvalue weighted by molar-refractivity contribution is 5.94. The smallest absolute Gasteiger partial charge is 0.251 e. The van der Waals surface area contributed by atoms with Gasteiger partial charge in [0.05, 0.1) is 6.26 Å². The van der Waals surface area contributed by atoms with Crippen LogP contribution in [0.3, 0.4) is 0 Å². The van der Waals surface area contributed by atoms with Crippen LogP contribution in [0.25, 0.3) is 11.0 Å². The highest BCUT2D eigenvalue weighted by Gasteiger charge is 2.26. The highest BCUT2D eigenvalue weighted by Crippen LogP contribution is 2.35. The molecule has 1 N–H and O–H groups in total. The number of hydrogen-bond donors (Lipinski definition) is 1. The maximum Gasteiger partial charge on any atom is 0.251 e. The van der Waals surface area contributed by atoms with Gasteiger partial charge in [-0.25, -0.2) is 0 Å². The summed E-state index contributed by atoms with van der Waals surface area (Å²) >= 11 is 0. The van der Waals surface area contributed by atoms with Crippen molar-refractivity contribution < 1.29 is 9.21 Å². The summed E-state index contributed by atoms with van der Waals surface area (Å²) in [4.78, 5) is 20.3. The van der Waals surface area contributed by atoms with Crippen LogP contribution in [0.4, 0.5) is 5.69 Å². The number of carbonyl (C=O) groups is 1. The first-order valence-electron chi connectivity index (χ1n) is 15.2. The molecule has 208 valence electrons. The van der Waals surface area contributed by atoms with E-state index in [1.807, 2.05) is 24.5 Å². The van der Waals surface area contributed by atoms with Crippen LogP contribution in [0.15, 0.2) is 59.2 Å². The van der Waals surface area contributed by atoms with Crippen molar-refractivity contribution in [2.75, 3.05) is 57.8 Å². The monoisotopic (exact) mass is 528 g/mol. The Morgan fingerprint density at radius 2 is 1.59 bits per heavy atom. The summed E-state index contributed by atoms with van der Waals surface area (Å²) in [5.41, 5.74) is 4.42. The van der Waals surface area contributed by atoms with Gasteiger partial charge in [0, 0.05) is 54.4 Å². The fourth-order valence-corrected chi connectivity index (χ4v) is 6.90. The lowest BCUT2D eigenvalue weighted by atomic mass is 9.83. The van der Waals surface area contributed by atoms with Crippen LogP contribution in [-0.4, -0.2) is 74.6 Å². The zero-order valence-corrected chi connectivity index (χ0v) is 23.5. The van der Waals surface area contributed by atoms with Crippen LogP contribution in [0.5, 0.6) is 0 Å². The molecule has 3 aliphatic rings. The number of likely N-dealkylation sites (N-methyl/N-ethyl adjacent to an activating group) is 1. The fourth-order valence-electron chi connectivity index (χ4n) is 6.90. The number of piperazine rings is 1. The third-order valence-electron chi connectivity index (χ3n) is 9.57. The van der Waals surface area contributed by atoms with E-state index in [1.165, 1.54) is 68.4 Å². The number of carbonyl (C=O) groups excluding carboxylic acids is 1. The van der Waals surface area contributed by atoms with E-state index < -0.39 is 0 Å². The Balaban J connectivity index is 0.898. The van der Waals surface area contributed by atoms with E-state index in [1.54, 1.807) is 0 Å². The molecule has 0 bridgehead atoms. The maximum atomic E-state index is 12.9. The van der Waals surface area contributed by atoms with Crippen molar-refractivity contribution in [3.05, 3.63) is 65.9 Å². The number of para-hydroxylation sites is 1. The van der Waals surface area contributed by atoms with Gasteiger partial charge in [-0.3, -0.25) is 4.79 Å². The van der Waals surface area contributed by atoms with Crippen molar-refractivity contribution in [3.63, 3.8) is 0 Å². The summed E-state index contributed by atoms with van der Waals surface area (Å²) in [7, 11) is 2.17. The minimum Gasteiger partial charge on any atom is -0.464 e. The van der Waals surface area contributed by atoms with Crippen molar-refractivity contribution in [2.24, 2.45) is 5.92 Å². The van der Waals surface area contributed by atoms with Crippen molar-refractivity contribution in [1.29, 1.82) is 0 Å². The number of nitrogens with one attached hydrogen (secondary N) is 1. The van der Waals surface area contributed by atoms with E-state index in [0.717, 1.165) is 56.1 Å². The van der Waals surface area contributed by atoms with E-state index in [4.69, 9.17) is 4.42 Å². The Bertz CT molecular complexity index is 1210. The minimum atomic E-state index is 0.0802. The molecular formula is C33H44N4O2. The third kappa shape index (κ3) is 6.33. The van der Waals surface area contributed by atoms with Crippen LogP contribution in [-0.2, 0) is 0 Å². The molecule has 3 fully saturated rings. The van der Waals surface area contributed by atoms with Gasteiger partial charge >= 0.3 is 0 Å². The van der Waals surface area contributed by atoms with Crippen molar-refractivity contribution in [2.45, 2.75) is 56.9 Å². The lowest BCUT2D eigenvalue weighted by Crippen LogP contribution is -2.44. The summed E-state index contributed by atoms with van der Waals surface area (Å²) in [6.45, 7) is 7.85. The predicted molar refractivity (Wildman–Crippen MR) is 159 cm³/mol. The van der Waals surface area contributed by atoms with E-state index in [2.05, 4.69) is 57.4 Å². The summed E-state index contributed by atoms with van der Waals surface area (Å²) in [5.74, 6) is 1.49. The summed E-state index contributed by atoms with van der Waals surface area (Å²) < 4.78 is 5.80. The zero-order chi connectivity index (χ0) is 26.6. The summed E-state index contributed by atoms with van der Waals surface area (Å²) in [6.07, 6.45) is 10.4. The number of likely N-dealkylation sites (tertiary alicyclic amines) is 1. The second kappa shape index (κ2) is 12.1. The van der Waals surface area contributed by atoms with Gasteiger partial charge < -0.3 is 24.4 Å². The van der Waals surface area contributed by atoms with Crippen LogP contribution in [0.2, 0.25) is 0 Å². The average molecular weight is 529 g/mol. The number of rotatable bonds is 7. The molecule has 6 nitrogen and oxygen atoms in total. The zero-order valence-electron chi connectivity index (χ0n) is 23.5. The van der Waals surface area contributed by atoms with Crippen molar-refractivity contribution in [1.82, 2.24) is 15.1 Å².